The summed E-state index contributed by atoms with van der Waals surface area (Å²) >= 11 is 5.52. The van der Waals surface area contributed by atoms with Crippen LogP contribution in [0.3, 0.4) is 0 Å². The molecule has 1 heterocycles. The molecule has 0 amide bonds. The van der Waals surface area contributed by atoms with Crippen LogP contribution in [-0.4, -0.2) is 30.1 Å². The van der Waals surface area contributed by atoms with Crippen LogP contribution in [0.1, 0.15) is 0 Å². The number of benzene rings is 1. The summed E-state index contributed by atoms with van der Waals surface area (Å²) in [7, 11) is -3.74. The molecule has 21 heavy (non-hydrogen) atoms. The van der Waals surface area contributed by atoms with E-state index in [1.165, 1.54) is 36.7 Å². The highest BCUT2D eigenvalue weighted by Gasteiger charge is 2.15. The van der Waals surface area contributed by atoms with Crippen molar-refractivity contribution in [3.63, 3.8) is 0 Å². The standard InChI is InChI=1S/C12H12ClN5O2S/c13-8-11(14)17-9-2-4-10(5-3-9)21(19,20)18-12-15-6-1-7-16-12/h1-7H,8H2,(H2,14,17)(H,15,16,18). The van der Waals surface area contributed by atoms with Gasteiger partial charge in [0.1, 0.15) is 5.84 Å². The van der Waals surface area contributed by atoms with Gasteiger partial charge in [-0.3, -0.25) is 0 Å². The molecular weight excluding hydrogens is 314 g/mol. The molecule has 0 aliphatic heterocycles. The molecule has 7 nitrogen and oxygen atoms in total. The summed E-state index contributed by atoms with van der Waals surface area (Å²) in [5, 5.41) is 0. The van der Waals surface area contributed by atoms with E-state index in [4.69, 9.17) is 17.3 Å². The minimum absolute atomic E-state index is 0.00554. The molecule has 1 aromatic heterocycles. The summed E-state index contributed by atoms with van der Waals surface area (Å²) in [5.41, 5.74) is 6.02. The monoisotopic (exact) mass is 325 g/mol. The van der Waals surface area contributed by atoms with Crippen LogP contribution in [0, 0.1) is 0 Å². The average Bonchev–Trinajstić information content (AvgIpc) is 2.48. The second-order valence-electron chi connectivity index (χ2n) is 3.91. The maximum absolute atomic E-state index is 12.1. The highest BCUT2D eigenvalue weighted by Crippen LogP contribution is 2.18. The minimum atomic E-state index is -3.74. The molecule has 0 unspecified atom stereocenters. The number of nitrogens with one attached hydrogen (secondary N) is 1. The topological polar surface area (TPSA) is 110 Å². The Morgan fingerprint density at radius 2 is 1.86 bits per heavy atom. The van der Waals surface area contributed by atoms with E-state index in [2.05, 4.69) is 19.7 Å². The average molecular weight is 326 g/mol. The van der Waals surface area contributed by atoms with Crippen LogP contribution in [0.2, 0.25) is 0 Å². The van der Waals surface area contributed by atoms with E-state index < -0.39 is 10.0 Å². The molecule has 110 valence electrons. The highest BCUT2D eigenvalue weighted by molar-refractivity contribution is 7.92. The summed E-state index contributed by atoms with van der Waals surface area (Å²) in [4.78, 5) is 11.7. The number of aliphatic imine (C=N–C) groups is 1. The molecule has 1 aromatic carbocycles. The van der Waals surface area contributed by atoms with Crippen LogP contribution in [0.5, 0.6) is 0 Å². The fraction of sp³-hybridized carbons (Fsp3) is 0.0833. The number of amidine groups is 1. The van der Waals surface area contributed by atoms with Crippen LogP contribution in [0.25, 0.3) is 0 Å². The third-order valence-electron chi connectivity index (χ3n) is 2.35. The highest BCUT2D eigenvalue weighted by atomic mass is 35.5. The van der Waals surface area contributed by atoms with Crippen LogP contribution >= 0.6 is 11.6 Å². The van der Waals surface area contributed by atoms with E-state index in [0.717, 1.165) is 0 Å². The molecule has 0 aliphatic carbocycles. The Balaban J connectivity index is 2.21. The van der Waals surface area contributed by atoms with Crippen molar-refractivity contribution in [1.29, 1.82) is 0 Å². The molecule has 9 heteroatoms. The smallest absolute Gasteiger partial charge is 0.264 e. The molecule has 2 aromatic rings. The van der Waals surface area contributed by atoms with Gasteiger partial charge in [-0.15, -0.1) is 11.6 Å². The number of nitrogens with zero attached hydrogens (tertiary/aromatic N) is 3. The Kier molecular flexibility index (Phi) is 4.71. The van der Waals surface area contributed by atoms with Gasteiger partial charge in [-0.25, -0.2) is 28.1 Å². The number of sulfonamides is 1. The zero-order valence-corrected chi connectivity index (χ0v) is 12.3. The van der Waals surface area contributed by atoms with Crippen molar-refractivity contribution in [3.8, 4) is 0 Å². The van der Waals surface area contributed by atoms with Gasteiger partial charge in [0, 0.05) is 12.4 Å². The SMILES string of the molecule is NC(CCl)=Nc1ccc(S(=O)(=O)Nc2ncccn2)cc1. The molecular formula is C12H12ClN5O2S. The first kappa shape index (κ1) is 15.2. The third-order valence-corrected chi connectivity index (χ3v) is 3.97. The van der Waals surface area contributed by atoms with Crippen molar-refractivity contribution in [1.82, 2.24) is 9.97 Å². The number of rotatable bonds is 5. The Labute approximate surface area is 127 Å². The summed E-state index contributed by atoms with van der Waals surface area (Å²) in [6.45, 7) is 0. The summed E-state index contributed by atoms with van der Waals surface area (Å²) in [6, 6.07) is 7.46. The number of hydrogen-bond donors (Lipinski definition) is 2. The number of nitrogens with two attached hydrogens (primary N) is 1. The van der Waals surface area contributed by atoms with Gasteiger partial charge in [0.2, 0.25) is 5.95 Å². The second kappa shape index (κ2) is 6.51. The van der Waals surface area contributed by atoms with Crippen molar-refractivity contribution >= 4 is 39.1 Å². The van der Waals surface area contributed by atoms with Crippen molar-refractivity contribution in [2.75, 3.05) is 10.6 Å². The predicted molar refractivity (Wildman–Crippen MR) is 81.3 cm³/mol. The summed E-state index contributed by atoms with van der Waals surface area (Å²) in [5.74, 6) is 0.363. The summed E-state index contributed by atoms with van der Waals surface area (Å²) < 4.78 is 26.5. The summed E-state index contributed by atoms with van der Waals surface area (Å²) in [6.07, 6.45) is 2.88. The van der Waals surface area contributed by atoms with Crippen molar-refractivity contribution in [2.45, 2.75) is 4.90 Å². The van der Waals surface area contributed by atoms with Crippen LogP contribution in [0.4, 0.5) is 11.6 Å². The quantitative estimate of drug-likeness (QED) is 0.492. The number of halogens is 1. The first-order chi connectivity index (χ1) is 10.0. The largest absolute Gasteiger partial charge is 0.386 e. The lowest BCUT2D eigenvalue weighted by atomic mass is 10.3. The van der Waals surface area contributed by atoms with Gasteiger partial charge in [-0.05, 0) is 30.3 Å². The number of anilines is 1. The van der Waals surface area contributed by atoms with Gasteiger partial charge in [-0.2, -0.15) is 0 Å². The van der Waals surface area contributed by atoms with E-state index in [1.54, 1.807) is 6.07 Å². The maximum Gasteiger partial charge on any atom is 0.264 e. The first-order valence-corrected chi connectivity index (χ1v) is 7.82. The third kappa shape index (κ3) is 4.14. The second-order valence-corrected chi connectivity index (χ2v) is 5.86. The van der Waals surface area contributed by atoms with Crippen LogP contribution in [-0.2, 0) is 10.0 Å². The lowest BCUT2D eigenvalue weighted by Gasteiger charge is -2.06. The lowest BCUT2D eigenvalue weighted by molar-refractivity contribution is 0.601. The van der Waals surface area contributed by atoms with Gasteiger partial charge in [0.15, 0.2) is 0 Å². The molecule has 3 N–H and O–H groups in total. The van der Waals surface area contributed by atoms with Gasteiger partial charge in [0.25, 0.3) is 10.0 Å². The first-order valence-electron chi connectivity index (χ1n) is 5.80. The van der Waals surface area contributed by atoms with E-state index in [1.807, 2.05) is 0 Å². The van der Waals surface area contributed by atoms with E-state index in [0.29, 0.717) is 5.69 Å². The van der Waals surface area contributed by atoms with Crippen molar-refractivity contribution < 1.29 is 8.42 Å². The Morgan fingerprint density at radius 3 is 2.43 bits per heavy atom. The molecule has 0 bridgehead atoms. The Hall–Kier alpha value is -2.19. The zero-order valence-electron chi connectivity index (χ0n) is 10.8. The van der Waals surface area contributed by atoms with E-state index in [9.17, 15) is 8.42 Å². The molecule has 0 fully saturated rings. The lowest BCUT2D eigenvalue weighted by Crippen LogP contribution is -2.14. The Bertz CT molecular complexity index is 732. The fourth-order valence-electron chi connectivity index (χ4n) is 1.43. The van der Waals surface area contributed by atoms with Crippen molar-refractivity contribution in [3.05, 3.63) is 42.7 Å². The zero-order chi connectivity index (χ0) is 15.3. The number of aromatic nitrogens is 2. The van der Waals surface area contributed by atoms with Gasteiger partial charge >= 0.3 is 0 Å². The van der Waals surface area contributed by atoms with Gasteiger partial charge in [-0.1, -0.05) is 0 Å². The molecule has 2 rings (SSSR count). The predicted octanol–water partition coefficient (Wildman–Crippen LogP) is 1.50. The van der Waals surface area contributed by atoms with E-state index in [-0.39, 0.29) is 22.6 Å². The van der Waals surface area contributed by atoms with Gasteiger partial charge in [0.05, 0.1) is 16.5 Å². The normalized spacial score (nSPS) is 12.1. The van der Waals surface area contributed by atoms with Crippen molar-refractivity contribution in [2.24, 2.45) is 10.7 Å². The Morgan fingerprint density at radius 1 is 1.24 bits per heavy atom. The molecule has 0 aliphatic rings. The molecule has 0 saturated heterocycles. The van der Waals surface area contributed by atoms with Crippen LogP contribution in [0.15, 0.2) is 52.6 Å². The van der Waals surface area contributed by atoms with E-state index >= 15 is 0 Å². The molecule has 0 saturated carbocycles. The van der Waals surface area contributed by atoms with Gasteiger partial charge < -0.3 is 5.73 Å². The fourth-order valence-corrected chi connectivity index (χ4v) is 2.44. The number of hydrogen-bond acceptors (Lipinski definition) is 5. The van der Waals surface area contributed by atoms with Crippen LogP contribution < -0.4 is 10.5 Å². The molecule has 0 spiro atoms. The minimum Gasteiger partial charge on any atom is -0.386 e. The molecule has 0 radical (unpaired) electrons. The maximum atomic E-state index is 12.1. The molecule has 0 atom stereocenters. The number of alkyl halides is 1.